The first kappa shape index (κ1) is 57.0. The minimum Gasteiger partial charge on any atom is -0.872 e. The average molecular weight is 999 g/mol. The molecule has 0 saturated heterocycles. The summed E-state index contributed by atoms with van der Waals surface area (Å²) in [6, 6.07) is 22.7. The van der Waals surface area contributed by atoms with Gasteiger partial charge in [0.25, 0.3) is 20.2 Å². The molecule has 0 amide bonds. The number of benzene rings is 6. The SMILES string of the molecule is CCC(C)(C)c1ccc(OCCCCN=C(O)c2cc(Oc3ccc(N=Nc4c(S(=O)(=O)O)cc([O-])c5c(N=C(C)[O-])cc(S(=O)(=O)O)cc45)cc3)c3ccccc3c2O)c(C(C)(C)CC)c1.[Na+].[Na+]. The molecule has 0 radical (unpaired) electrons. The summed E-state index contributed by atoms with van der Waals surface area (Å²) >= 11 is 0. The van der Waals surface area contributed by atoms with Crippen molar-refractivity contribution in [3.8, 4) is 28.7 Å². The molecule has 0 atom stereocenters. The number of fused-ring (bicyclic) bond motifs is 2. The molecule has 20 heteroatoms. The second-order valence-electron chi connectivity index (χ2n) is 17.2. The molecule has 0 saturated carbocycles. The van der Waals surface area contributed by atoms with Gasteiger partial charge in [0.2, 0.25) is 5.90 Å². The molecule has 0 aromatic heterocycles. The van der Waals surface area contributed by atoms with E-state index in [2.05, 4.69) is 80.0 Å². The minimum absolute atomic E-state index is 0. The molecule has 0 aliphatic rings. The molecule has 69 heavy (non-hydrogen) atoms. The van der Waals surface area contributed by atoms with Crippen molar-refractivity contribution < 1.29 is 115 Å². The molecule has 16 nitrogen and oxygen atoms in total. The van der Waals surface area contributed by atoms with Crippen LogP contribution in [0.25, 0.3) is 21.5 Å². The Labute approximate surface area is 446 Å². The van der Waals surface area contributed by atoms with E-state index in [1.54, 1.807) is 24.3 Å². The third-order valence-corrected chi connectivity index (χ3v) is 13.5. The predicted molar refractivity (Wildman–Crippen MR) is 254 cm³/mol. The van der Waals surface area contributed by atoms with Gasteiger partial charge in [-0.2, -0.15) is 21.9 Å². The van der Waals surface area contributed by atoms with Gasteiger partial charge in [-0.15, -0.1) is 5.11 Å². The molecule has 0 spiro atoms. The molecule has 6 aromatic carbocycles. The van der Waals surface area contributed by atoms with Crippen LogP contribution in [0.1, 0.15) is 90.8 Å². The number of nitrogens with zero attached hydrogens (tertiary/aromatic N) is 4. The first-order valence-corrected chi connectivity index (χ1v) is 24.3. The Kier molecular flexibility index (Phi) is 19.1. The van der Waals surface area contributed by atoms with Crippen molar-refractivity contribution in [3.63, 3.8) is 0 Å². The summed E-state index contributed by atoms with van der Waals surface area (Å²) in [5.41, 5.74) is 1.37. The second-order valence-corrected chi connectivity index (χ2v) is 20.0. The number of unbranched alkanes of at least 4 members (excludes halogenated alkanes) is 1. The number of phenols is 1. The smallest absolute Gasteiger partial charge is 0.872 e. The van der Waals surface area contributed by atoms with Gasteiger partial charge in [-0.3, -0.25) is 19.1 Å². The van der Waals surface area contributed by atoms with E-state index < -0.39 is 69.7 Å². The number of rotatable bonds is 18. The van der Waals surface area contributed by atoms with E-state index in [1.807, 2.05) is 0 Å². The largest absolute Gasteiger partial charge is 1.00 e. The zero-order valence-electron chi connectivity index (χ0n) is 40.1. The molecule has 6 aromatic rings. The normalized spacial score (nSPS) is 12.8. The van der Waals surface area contributed by atoms with Gasteiger partial charge < -0.3 is 29.9 Å². The van der Waals surface area contributed by atoms with Crippen LogP contribution in [0.5, 0.6) is 28.7 Å². The van der Waals surface area contributed by atoms with Crippen molar-refractivity contribution in [3.05, 3.63) is 108 Å². The molecule has 354 valence electrons. The molecule has 0 heterocycles. The van der Waals surface area contributed by atoms with Crippen LogP contribution >= 0.6 is 0 Å². The predicted octanol–water partition coefficient (Wildman–Crippen LogP) is 4.43. The summed E-state index contributed by atoms with van der Waals surface area (Å²) in [5, 5.41) is 55.4. The Hall–Kier alpha value is -4.60. The van der Waals surface area contributed by atoms with Crippen LogP contribution in [-0.4, -0.2) is 61.1 Å². The third kappa shape index (κ3) is 13.4. The van der Waals surface area contributed by atoms with E-state index in [0.29, 0.717) is 36.3 Å². The number of hydrogen-bond acceptors (Lipinski definition) is 13. The number of aliphatic hydroxyl groups excluding tert-OH is 1. The maximum atomic E-state index is 13.1. The molecule has 0 aliphatic heterocycles. The molecule has 6 rings (SSSR count). The standard InChI is InChI=1S/C49H54N4O12S2.2Na/c1-8-48(4,5)30-16-21-41(38(24-30)49(6,7)9-2)64-23-13-12-22-50-47(57)37-27-42(34-14-10-11-15-35(34)46(37)56)65-32-19-17-31(18-20-32)52-53-45-36-25-33(66(58,59)60)26-39(51-29(3)54)44(36)40(55)28-43(45)67(61,62)63;;/h10-11,14-21,24-28,55-56H,8-9,12-13,22-23H2,1-7H3,(H,50,57)(H,51,54)(H,58,59,60)(H,61,62,63);;/q;2*+1/p-2. The van der Waals surface area contributed by atoms with E-state index >= 15 is 0 Å². The number of aliphatic hydroxyl groups is 1. The Bertz CT molecular complexity index is 3170. The van der Waals surface area contributed by atoms with Gasteiger partial charge in [0.1, 0.15) is 33.6 Å². The number of azo groups is 1. The Morgan fingerprint density at radius 2 is 1.41 bits per heavy atom. The summed E-state index contributed by atoms with van der Waals surface area (Å²) in [7, 11) is -10.2. The van der Waals surface area contributed by atoms with Crippen molar-refractivity contribution >= 4 is 70.6 Å². The fourth-order valence-corrected chi connectivity index (χ4v) is 8.39. The zero-order valence-corrected chi connectivity index (χ0v) is 45.7. The Morgan fingerprint density at radius 1 is 0.754 bits per heavy atom. The monoisotopic (exact) mass is 998 g/mol. The van der Waals surface area contributed by atoms with Crippen LogP contribution < -0.4 is 78.8 Å². The molecule has 0 aliphatic carbocycles. The van der Waals surface area contributed by atoms with Gasteiger partial charge in [-0.1, -0.05) is 83.7 Å². The van der Waals surface area contributed by atoms with Gasteiger partial charge in [0.05, 0.1) is 28.4 Å². The van der Waals surface area contributed by atoms with Crippen LogP contribution in [0.3, 0.4) is 0 Å². The topological polar surface area (TPSA) is 263 Å². The van der Waals surface area contributed by atoms with Gasteiger partial charge >= 0.3 is 59.1 Å². The molecule has 4 N–H and O–H groups in total. The first-order chi connectivity index (χ1) is 31.4. The van der Waals surface area contributed by atoms with E-state index in [0.717, 1.165) is 37.6 Å². The van der Waals surface area contributed by atoms with Gasteiger partial charge in [-0.25, -0.2) is 0 Å². The fourth-order valence-electron chi connectivity index (χ4n) is 7.21. The van der Waals surface area contributed by atoms with Crippen LogP contribution in [0.15, 0.2) is 121 Å². The maximum absolute atomic E-state index is 13.1. The van der Waals surface area contributed by atoms with Crippen molar-refractivity contribution in [1.29, 1.82) is 0 Å². The van der Waals surface area contributed by atoms with Gasteiger partial charge in [0.15, 0.2) is 0 Å². The number of aliphatic imine (C=N–C) groups is 2. The number of hydrogen-bond donors (Lipinski definition) is 4. The van der Waals surface area contributed by atoms with E-state index in [1.165, 1.54) is 41.5 Å². The third-order valence-electron chi connectivity index (χ3n) is 11.8. The zero-order chi connectivity index (χ0) is 49.1. The van der Waals surface area contributed by atoms with E-state index in [9.17, 15) is 46.4 Å². The molecule has 0 unspecified atom stereocenters. The summed E-state index contributed by atoms with van der Waals surface area (Å²) in [6.07, 6.45) is 3.22. The van der Waals surface area contributed by atoms with Crippen molar-refractivity contribution in [1.82, 2.24) is 0 Å². The molecule has 0 fully saturated rings. The quantitative estimate of drug-likeness (QED) is 0.0233. The van der Waals surface area contributed by atoms with Crippen LogP contribution in [0.4, 0.5) is 17.1 Å². The fraction of sp³-hybridized carbons (Fsp3) is 0.306. The average Bonchev–Trinajstić information content (AvgIpc) is 3.27. The van der Waals surface area contributed by atoms with Crippen LogP contribution in [0.2, 0.25) is 0 Å². The van der Waals surface area contributed by atoms with Crippen molar-refractivity contribution in [2.24, 2.45) is 20.2 Å². The summed E-state index contributed by atoms with van der Waals surface area (Å²) in [4.78, 5) is 6.15. The molecular formula is C49H52N4Na2O12S2. The number of ether oxygens (including phenoxy) is 2. The summed E-state index contributed by atoms with van der Waals surface area (Å²) in [5.74, 6) is -1.10. The molecular weight excluding hydrogens is 947 g/mol. The van der Waals surface area contributed by atoms with Gasteiger partial charge in [0, 0.05) is 33.7 Å². The Morgan fingerprint density at radius 3 is 2.01 bits per heavy atom. The number of phenolic OH excluding ortho intramolecular Hbond substituents is 1. The second kappa shape index (κ2) is 23.1. The maximum Gasteiger partial charge on any atom is 1.00 e. The summed E-state index contributed by atoms with van der Waals surface area (Å²) in [6.45, 7) is 15.0. The molecule has 0 bridgehead atoms. The van der Waals surface area contributed by atoms with Crippen LogP contribution in [0, 0.1) is 0 Å². The first-order valence-electron chi connectivity index (χ1n) is 21.4. The van der Waals surface area contributed by atoms with E-state index in [-0.39, 0.29) is 105 Å². The van der Waals surface area contributed by atoms with Crippen molar-refractivity contribution in [2.45, 2.75) is 94.8 Å². The van der Waals surface area contributed by atoms with Gasteiger partial charge in [-0.05, 0) is 109 Å². The summed E-state index contributed by atoms with van der Waals surface area (Å²) < 4.78 is 81.5. The van der Waals surface area contributed by atoms with Crippen molar-refractivity contribution in [2.75, 3.05) is 13.2 Å². The van der Waals surface area contributed by atoms with Crippen LogP contribution in [-0.2, 0) is 31.1 Å². The van der Waals surface area contributed by atoms with E-state index in [4.69, 9.17) is 9.47 Å². The Balaban J connectivity index is 0.00000518. The minimum atomic E-state index is -5.17. The number of aromatic hydroxyl groups is 1.